The lowest BCUT2D eigenvalue weighted by molar-refractivity contribution is -0.276. The summed E-state index contributed by atoms with van der Waals surface area (Å²) >= 11 is 12.2. The van der Waals surface area contributed by atoms with Crippen LogP contribution in [0.3, 0.4) is 0 Å². The first-order valence-corrected chi connectivity index (χ1v) is 11.0. The lowest BCUT2D eigenvalue weighted by Crippen LogP contribution is -2.72. The SMILES string of the molecule is [B]C([B])(O)C(O)(Nc1cc(-c2c[nH]c(C(=O)N[C@H](CO)c3cncc(Cl)c3)c2)c(Cl)cn1)C(C)(O)O. The molecule has 3 rings (SSSR count). The molecule has 3 aromatic heterocycles. The minimum absolute atomic E-state index is 0.119. The Balaban J connectivity index is 1.86. The Bertz CT molecular complexity index is 1230. The highest BCUT2D eigenvalue weighted by Gasteiger charge is 2.54. The molecule has 36 heavy (non-hydrogen) atoms. The highest BCUT2D eigenvalue weighted by molar-refractivity contribution is 6.40. The van der Waals surface area contributed by atoms with Gasteiger partial charge < -0.3 is 41.2 Å². The molecule has 186 valence electrons. The molecule has 15 heteroatoms. The Morgan fingerprint density at radius 2 is 1.83 bits per heavy atom. The van der Waals surface area contributed by atoms with Crippen LogP contribution in [0.4, 0.5) is 5.82 Å². The van der Waals surface area contributed by atoms with Crippen molar-refractivity contribution in [3.8, 4) is 11.1 Å². The molecule has 3 heterocycles. The van der Waals surface area contributed by atoms with Gasteiger partial charge in [-0.05, 0) is 30.7 Å². The quantitative estimate of drug-likeness (QED) is 0.139. The van der Waals surface area contributed by atoms with Gasteiger partial charge in [0.2, 0.25) is 11.5 Å². The number of aromatic nitrogens is 3. The zero-order valence-electron chi connectivity index (χ0n) is 18.8. The number of hydrogen-bond donors (Lipinski definition) is 8. The maximum Gasteiger partial charge on any atom is 0.268 e. The number of pyridine rings is 2. The number of halogens is 2. The summed E-state index contributed by atoms with van der Waals surface area (Å²) < 4.78 is 0. The smallest absolute Gasteiger partial charge is 0.268 e. The van der Waals surface area contributed by atoms with E-state index in [1.165, 1.54) is 36.9 Å². The molecule has 0 aliphatic carbocycles. The van der Waals surface area contributed by atoms with E-state index in [9.17, 15) is 30.3 Å². The van der Waals surface area contributed by atoms with Crippen molar-refractivity contribution in [3.63, 3.8) is 0 Å². The lowest BCUT2D eigenvalue weighted by atomic mass is 9.57. The molecule has 8 N–H and O–H groups in total. The van der Waals surface area contributed by atoms with Gasteiger partial charge in [0.1, 0.15) is 27.2 Å². The highest BCUT2D eigenvalue weighted by atomic mass is 35.5. The van der Waals surface area contributed by atoms with Crippen LogP contribution in [0.15, 0.2) is 43.0 Å². The Morgan fingerprint density at radius 1 is 1.14 bits per heavy atom. The van der Waals surface area contributed by atoms with E-state index in [-0.39, 0.29) is 16.5 Å². The van der Waals surface area contributed by atoms with Crippen molar-refractivity contribution in [3.05, 3.63) is 64.3 Å². The number of carbonyl (C=O) groups excluding carboxylic acids is 1. The molecule has 0 saturated heterocycles. The molecule has 0 saturated carbocycles. The first-order valence-electron chi connectivity index (χ1n) is 10.3. The minimum Gasteiger partial charge on any atom is -0.404 e. The maximum atomic E-state index is 12.8. The normalized spacial score (nSPS) is 14.7. The number of aliphatic hydroxyl groups is 5. The fourth-order valence-electron chi connectivity index (χ4n) is 3.28. The van der Waals surface area contributed by atoms with Gasteiger partial charge in [0.25, 0.3) is 5.91 Å². The van der Waals surface area contributed by atoms with Gasteiger partial charge in [-0.2, -0.15) is 0 Å². The number of rotatable bonds is 9. The van der Waals surface area contributed by atoms with Crippen molar-refractivity contribution < 1.29 is 30.3 Å². The summed E-state index contributed by atoms with van der Waals surface area (Å²) in [7, 11) is 10.7. The Hall–Kier alpha value is -2.64. The third-order valence-electron chi connectivity index (χ3n) is 5.28. The monoisotopic (exact) mass is 531 g/mol. The van der Waals surface area contributed by atoms with Crippen LogP contribution in [0.1, 0.15) is 29.0 Å². The number of nitrogens with one attached hydrogen (secondary N) is 3. The van der Waals surface area contributed by atoms with Gasteiger partial charge in [-0.3, -0.25) is 9.78 Å². The maximum absolute atomic E-state index is 12.8. The summed E-state index contributed by atoms with van der Waals surface area (Å²) in [6.07, 6.45) is 5.53. The molecule has 11 nitrogen and oxygen atoms in total. The molecule has 1 unspecified atom stereocenters. The van der Waals surface area contributed by atoms with Gasteiger partial charge in [0.05, 0.1) is 22.7 Å². The van der Waals surface area contributed by atoms with E-state index in [2.05, 4.69) is 25.6 Å². The fourth-order valence-corrected chi connectivity index (χ4v) is 3.68. The Morgan fingerprint density at radius 3 is 2.42 bits per heavy atom. The third-order valence-corrected chi connectivity index (χ3v) is 5.79. The molecule has 4 radical (unpaired) electrons. The van der Waals surface area contributed by atoms with Gasteiger partial charge >= 0.3 is 0 Å². The number of amides is 1. The first-order chi connectivity index (χ1) is 16.7. The van der Waals surface area contributed by atoms with Crippen molar-refractivity contribution in [1.82, 2.24) is 20.3 Å². The standard InChI is InChI=1S/C21H21B2Cl2N5O6/c1-19(33,34)20(35,21(22,23)36)30-17-4-13(14(25)8-28-17)10-3-15(27-6-10)18(32)29-16(9-31)11-2-12(24)7-26-5-11/h2-8,16,27,31,33-36H,9H2,1H3,(H,28,30)(H,29,32)/t16-,20?/m1/s1. The summed E-state index contributed by atoms with van der Waals surface area (Å²) in [5.74, 6) is -3.75. The molecule has 1 amide bonds. The third kappa shape index (κ3) is 5.84. The molecule has 0 aliphatic rings. The first kappa shape index (κ1) is 27.9. The molecular weight excluding hydrogens is 511 g/mol. The Kier molecular flexibility index (Phi) is 8.06. The summed E-state index contributed by atoms with van der Waals surface area (Å²) in [6.45, 7) is 0.344. The topological polar surface area (TPSA) is 184 Å². The highest BCUT2D eigenvalue weighted by Crippen LogP contribution is 2.34. The number of aromatic amines is 1. The van der Waals surface area contributed by atoms with Crippen molar-refractivity contribution in [2.75, 3.05) is 11.9 Å². The predicted molar refractivity (Wildman–Crippen MR) is 133 cm³/mol. The molecule has 0 bridgehead atoms. The second kappa shape index (κ2) is 10.4. The number of anilines is 1. The zero-order chi connectivity index (χ0) is 26.9. The van der Waals surface area contributed by atoms with Crippen molar-refractivity contribution >= 4 is 50.6 Å². The summed E-state index contributed by atoms with van der Waals surface area (Å²) in [5, 5.41) is 52.4. The van der Waals surface area contributed by atoms with Crippen LogP contribution >= 0.6 is 23.2 Å². The minimum atomic E-state index is -3.06. The van der Waals surface area contributed by atoms with Crippen molar-refractivity contribution in [1.29, 1.82) is 0 Å². The van der Waals surface area contributed by atoms with Crippen LogP contribution in [-0.4, -0.2) is 85.6 Å². The van der Waals surface area contributed by atoms with Crippen LogP contribution in [0, 0.1) is 0 Å². The van der Waals surface area contributed by atoms with E-state index >= 15 is 0 Å². The van der Waals surface area contributed by atoms with Gasteiger partial charge in [0, 0.05) is 41.3 Å². The Labute approximate surface area is 218 Å². The molecule has 0 aliphatic heterocycles. The van der Waals surface area contributed by atoms with E-state index in [0.717, 1.165) is 6.92 Å². The summed E-state index contributed by atoms with van der Waals surface area (Å²) in [6, 6.07) is 3.55. The van der Waals surface area contributed by atoms with Gasteiger partial charge in [-0.25, -0.2) is 4.98 Å². The van der Waals surface area contributed by atoms with E-state index in [4.69, 9.17) is 38.9 Å². The van der Waals surface area contributed by atoms with Gasteiger partial charge in [0.15, 0.2) is 0 Å². The second-order valence-electron chi connectivity index (χ2n) is 8.18. The van der Waals surface area contributed by atoms with Crippen LogP contribution in [0.25, 0.3) is 11.1 Å². The largest absolute Gasteiger partial charge is 0.404 e. The molecule has 3 aromatic rings. The van der Waals surface area contributed by atoms with Gasteiger partial charge in [-0.15, -0.1) is 0 Å². The number of aliphatic hydroxyl groups excluding tert-OH is 1. The van der Waals surface area contributed by atoms with E-state index in [1.807, 2.05) is 0 Å². The molecule has 0 fully saturated rings. The molecule has 2 atom stereocenters. The molecule has 0 aromatic carbocycles. The van der Waals surface area contributed by atoms with E-state index < -0.39 is 35.5 Å². The summed E-state index contributed by atoms with van der Waals surface area (Å²) in [4.78, 5) is 23.4. The van der Waals surface area contributed by atoms with Crippen LogP contribution in [0.5, 0.6) is 0 Å². The lowest BCUT2D eigenvalue weighted by Gasteiger charge is -2.46. The average molecular weight is 532 g/mol. The number of H-pyrrole nitrogens is 1. The number of carbonyl (C=O) groups is 1. The van der Waals surface area contributed by atoms with Crippen LogP contribution in [-0.2, 0) is 0 Å². The van der Waals surface area contributed by atoms with Crippen molar-refractivity contribution in [2.24, 2.45) is 0 Å². The second-order valence-corrected chi connectivity index (χ2v) is 9.02. The summed E-state index contributed by atoms with van der Waals surface area (Å²) in [5.41, 5.74) is -1.72. The molecular formula is C21H21B2Cl2N5O6. The van der Waals surface area contributed by atoms with Crippen molar-refractivity contribution in [2.45, 2.75) is 29.9 Å². The van der Waals surface area contributed by atoms with E-state index in [1.54, 1.807) is 6.07 Å². The number of hydrogen-bond acceptors (Lipinski definition) is 9. The van der Waals surface area contributed by atoms with Crippen LogP contribution < -0.4 is 10.6 Å². The van der Waals surface area contributed by atoms with Gasteiger partial charge in [-0.1, -0.05) is 23.2 Å². The van der Waals surface area contributed by atoms with E-state index in [0.29, 0.717) is 21.7 Å². The number of nitrogens with zero attached hydrogens (tertiary/aromatic N) is 2. The fraction of sp³-hybridized carbons (Fsp3) is 0.286. The molecule has 0 spiro atoms. The zero-order valence-corrected chi connectivity index (χ0v) is 20.3. The average Bonchev–Trinajstić information content (AvgIpc) is 3.27. The van der Waals surface area contributed by atoms with Crippen LogP contribution in [0.2, 0.25) is 10.0 Å². The predicted octanol–water partition coefficient (Wildman–Crippen LogP) is 0.0263.